The molecule has 0 bridgehead atoms. The fraction of sp³-hybridized carbons (Fsp3) is 0.167. The number of nitrogens with one attached hydrogen (secondary N) is 1. The van der Waals surface area contributed by atoms with Crippen LogP contribution in [0.5, 0.6) is 17.2 Å². The monoisotopic (exact) mass is 499 g/mol. The third kappa shape index (κ3) is 6.18. The summed E-state index contributed by atoms with van der Waals surface area (Å²) in [7, 11) is 2.97. The zero-order valence-electron chi connectivity index (χ0n) is 19.1. The summed E-state index contributed by atoms with van der Waals surface area (Å²) in [4.78, 5) is 36.6. The zero-order chi connectivity index (χ0) is 25.5. The van der Waals surface area contributed by atoms with Gasteiger partial charge in [-0.05, 0) is 61.5 Å². The average molecular weight is 500 g/mol. The number of amides is 2. The van der Waals surface area contributed by atoms with Gasteiger partial charge in [-0.1, -0.05) is 11.6 Å². The summed E-state index contributed by atoms with van der Waals surface area (Å²) in [5.41, 5.74) is 1.07. The first-order chi connectivity index (χ1) is 16.7. The maximum absolute atomic E-state index is 12.7. The van der Waals surface area contributed by atoms with Crippen LogP contribution in [0, 0.1) is 10.1 Å². The Morgan fingerprint density at radius 2 is 1.71 bits per heavy atom. The van der Waals surface area contributed by atoms with Crippen molar-refractivity contribution >= 4 is 40.7 Å². The van der Waals surface area contributed by atoms with E-state index in [0.29, 0.717) is 11.4 Å². The van der Waals surface area contributed by atoms with E-state index in [0.717, 1.165) is 0 Å². The van der Waals surface area contributed by atoms with Crippen LogP contribution in [-0.2, 0) is 4.74 Å². The van der Waals surface area contributed by atoms with E-state index < -0.39 is 16.9 Å². The van der Waals surface area contributed by atoms with Crippen molar-refractivity contribution in [2.24, 2.45) is 0 Å². The first kappa shape index (κ1) is 25.3. The maximum Gasteiger partial charge on any atom is 0.413 e. The summed E-state index contributed by atoms with van der Waals surface area (Å²) in [5.74, 6) is -0.0595. The van der Waals surface area contributed by atoms with Crippen molar-refractivity contribution in [1.29, 1.82) is 0 Å². The summed E-state index contributed by atoms with van der Waals surface area (Å²) in [6.45, 7) is 1.99. The summed E-state index contributed by atoms with van der Waals surface area (Å²) in [5, 5.41) is 14.3. The molecule has 0 aliphatic carbocycles. The molecule has 3 rings (SSSR count). The van der Waals surface area contributed by atoms with E-state index in [1.807, 2.05) is 0 Å². The van der Waals surface area contributed by atoms with E-state index in [4.69, 9.17) is 25.8 Å². The van der Waals surface area contributed by atoms with Crippen LogP contribution in [-0.4, -0.2) is 37.7 Å². The standard InChI is InChI=1S/C24H22ClN3O7/c1-4-34-24(30)27(2)18-9-7-17(8-10-18)26-23(29)15-5-11-21(22(13-15)33-3)35-20-12-6-16(25)14-19(20)28(31)32/h5-14H,4H2,1-3H3,(H,26,29). The van der Waals surface area contributed by atoms with Crippen molar-refractivity contribution in [3.05, 3.63) is 81.4 Å². The van der Waals surface area contributed by atoms with Crippen LogP contribution in [0.1, 0.15) is 17.3 Å². The highest BCUT2D eigenvalue weighted by atomic mass is 35.5. The Balaban J connectivity index is 1.75. The summed E-state index contributed by atoms with van der Waals surface area (Å²) in [6.07, 6.45) is -0.484. The van der Waals surface area contributed by atoms with Crippen molar-refractivity contribution < 1.29 is 28.7 Å². The highest BCUT2D eigenvalue weighted by Gasteiger charge is 2.19. The quantitative estimate of drug-likeness (QED) is 0.303. The van der Waals surface area contributed by atoms with Gasteiger partial charge < -0.3 is 19.5 Å². The second kappa shape index (κ2) is 11.2. The van der Waals surface area contributed by atoms with Crippen molar-refractivity contribution in [3.63, 3.8) is 0 Å². The molecule has 11 heteroatoms. The molecular formula is C24H22ClN3O7. The van der Waals surface area contributed by atoms with Crippen molar-refractivity contribution in [1.82, 2.24) is 0 Å². The number of carbonyl (C=O) groups is 2. The Labute approximate surface area is 206 Å². The lowest BCUT2D eigenvalue weighted by Crippen LogP contribution is -2.26. The Morgan fingerprint density at radius 3 is 2.34 bits per heavy atom. The first-order valence-corrected chi connectivity index (χ1v) is 10.7. The molecule has 0 aliphatic heterocycles. The van der Waals surface area contributed by atoms with Gasteiger partial charge in [-0.2, -0.15) is 0 Å². The number of nitrogens with zero attached hydrogens (tertiary/aromatic N) is 2. The minimum absolute atomic E-state index is 0.0252. The summed E-state index contributed by atoms with van der Waals surface area (Å²) in [6, 6.07) is 15.1. The molecule has 0 aliphatic rings. The molecule has 2 amide bonds. The summed E-state index contributed by atoms with van der Waals surface area (Å²) < 4.78 is 15.9. The topological polar surface area (TPSA) is 120 Å². The van der Waals surface area contributed by atoms with Gasteiger partial charge in [-0.25, -0.2) is 4.79 Å². The number of methoxy groups -OCH3 is 1. The van der Waals surface area contributed by atoms with Crippen LogP contribution in [0.2, 0.25) is 5.02 Å². The molecule has 0 atom stereocenters. The molecule has 0 saturated heterocycles. The summed E-state index contributed by atoms with van der Waals surface area (Å²) >= 11 is 5.84. The number of hydrogen-bond acceptors (Lipinski definition) is 7. The van der Waals surface area contributed by atoms with Gasteiger partial charge >= 0.3 is 11.8 Å². The van der Waals surface area contributed by atoms with E-state index in [1.165, 1.54) is 48.4 Å². The molecule has 35 heavy (non-hydrogen) atoms. The lowest BCUT2D eigenvalue weighted by Gasteiger charge is -2.17. The molecular weight excluding hydrogens is 478 g/mol. The van der Waals surface area contributed by atoms with Gasteiger partial charge in [-0.15, -0.1) is 0 Å². The maximum atomic E-state index is 12.7. The van der Waals surface area contributed by atoms with Gasteiger partial charge in [0.1, 0.15) is 0 Å². The Bertz CT molecular complexity index is 1250. The minimum Gasteiger partial charge on any atom is -0.493 e. The smallest absolute Gasteiger partial charge is 0.413 e. The molecule has 0 saturated carbocycles. The predicted molar refractivity (Wildman–Crippen MR) is 131 cm³/mol. The Morgan fingerprint density at radius 1 is 1.03 bits per heavy atom. The lowest BCUT2D eigenvalue weighted by molar-refractivity contribution is -0.385. The Hall–Kier alpha value is -4.31. The van der Waals surface area contributed by atoms with Crippen molar-refractivity contribution in [2.45, 2.75) is 6.92 Å². The van der Waals surface area contributed by atoms with Crippen LogP contribution in [0.25, 0.3) is 0 Å². The van der Waals surface area contributed by atoms with Crippen molar-refractivity contribution in [3.8, 4) is 17.2 Å². The van der Waals surface area contributed by atoms with Gasteiger partial charge in [0.2, 0.25) is 5.75 Å². The minimum atomic E-state index is -0.606. The van der Waals surface area contributed by atoms with Gasteiger partial charge in [0.05, 0.1) is 18.6 Å². The molecule has 0 fully saturated rings. The zero-order valence-corrected chi connectivity index (χ0v) is 19.9. The molecule has 3 aromatic rings. The second-order valence-corrected chi connectivity index (χ2v) is 7.53. The number of carbonyl (C=O) groups excluding carboxylic acids is 2. The van der Waals surface area contributed by atoms with Crippen LogP contribution >= 0.6 is 11.6 Å². The van der Waals surface area contributed by atoms with Crippen molar-refractivity contribution in [2.75, 3.05) is 31.0 Å². The fourth-order valence-corrected chi connectivity index (χ4v) is 3.19. The van der Waals surface area contributed by atoms with Gasteiger partial charge in [0.25, 0.3) is 5.91 Å². The molecule has 0 spiro atoms. The number of nitro benzene ring substituents is 1. The van der Waals surface area contributed by atoms with Crippen LogP contribution in [0.3, 0.4) is 0 Å². The normalized spacial score (nSPS) is 10.3. The second-order valence-electron chi connectivity index (χ2n) is 7.10. The van der Waals surface area contributed by atoms with E-state index in [9.17, 15) is 19.7 Å². The number of halogens is 1. The molecule has 10 nitrogen and oxygen atoms in total. The number of hydrogen-bond donors (Lipinski definition) is 1. The third-order valence-electron chi connectivity index (χ3n) is 4.82. The molecule has 0 heterocycles. The number of anilines is 2. The number of rotatable bonds is 8. The van der Waals surface area contributed by atoms with Crippen LogP contribution < -0.4 is 19.7 Å². The number of ether oxygens (including phenoxy) is 3. The highest BCUT2D eigenvalue weighted by Crippen LogP contribution is 2.38. The van der Waals surface area contributed by atoms with Crippen LogP contribution in [0.15, 0.2) is 60.7 Å². The fourth-order valence-electron chi connectivity index (χ4n) is 3.03. The van der Waals surface area contributed by atoms with Gasteiger partial charge in [-0.3, -0.25) is 19.8 Å². The molecule has 0 radical (unpaired) electrons. The Kier molecular flexibility index (Phi) is 8.11. The van der Waals surface area contributed by atoms with Gasteiger partial charge in [0, 0.05) is 35.1 Å². The van der Waals surface area contributed by atoms with Gasteiger partial charge in [0.15, 0.2) is 11.5 Å². The largest absolute Gasteiger partial charge is 0.493 e. The van der Waals surface area contributed by atoms with E-state index in [2.05, 4.69) is 5.32 Å². The first-order valence-electron chi connectivity index (χ1n) is 10.3. The van der Waals surface area contributed by atoms with E-state index in [-0.39, 0.29) is 40.1 Å². The number of benzene rings is 3. The molecule has 3 aromatic carbocycles. The lowest BCUT2D eigenvalue weighted by atomic mass is 10.1. The molecule has 182 valence electrons. The third-order valence-corrected chi connectivity index (χ3v) is 5.05. The number of nitro groups is 1. The highest BCUT2D eigenvalue weighted by molar-refractivity contribution is 6.30. The van der Waals surface area contributed by atoms with Crippen LogP contribution in [0.4, 0.5) is 21.9 Å². The molecule has 1 N–H and O–H groups in total. The average Bonchev–Trinajstić information content (AvgIpc) is 2.85. The van der Waals surface area contributed by atoms with E-state index in [1.54, 1.807) is 38.2 Å². The molecule has 0 unspecified atom stereocenters. The SMILES string of the molecule is CCOC(=O)N(C)c1ccc(NC(=O)c2ccc(Oc3ccc(Cl)cc3[N+](=O)[O-])c(OC)c2)cc1. The van der Waals surface area contributed by atoms with E-state index >= 15 is 0 Å². The molecule has 0 aromatic heterocycles. The predicted octanol–water partition coefficient (Wildman–Crippen LogP) is 5.89.